The first-order valence-corrected chi connectivity index (χ1v) is 5.49. The molecule has 0 N–H and O–H groups in total. The topological polar surface area (TPSA) is 18.5 Å². The van der Waals surface area contributed by atoms with Crippen LogP contribution in [0.15, 0.2) is 18.2 Å². The van der Waals surface area contributed by atoms with Crippen molar-refractivity contribution in [2.45, 2.75) is 19.8 Å². The van der Waals surface area contributed by atoms with Crippen LogP contribution in [0.3, 0.4) is 0 Å². The van der Waals surface area contributed by atoms with E-state index in [2.05, 4.69) is 0 Å². The molecule has 0 amide bonds. The van der Waals surface area contributed by atoms with Crippen LogP contribution in [0.5, 0.6) is 11.5 Å². The van der Waals surface area contributed by atoms with Gasteiger partial charge in [-0.2, -0.15) is 0 Å². The Labute approximate surface area is 148 Å². The predicted octanol–water partition coefficient (Wildman–Crippen LogP) is -0.0675. The second-order valence-corrected chi connectivity index (χ2v) is 3.68. The summed E-state index contributed by atoms with van der Waals surface area (Å²) in [5.41, 5.74) is -0.736. The smallest absolute Gasteiger partial charge is 0.497 e. The third kappa shape index (κ3) is 5.52. The summed E-state index contributed by atoms with van der Waals surface area (Å²) in [5, 5.41) is 0. The van der Waals surface area contributed by atoms with Gasteiger partial charge in [-0.3, -0.25) is 0 Å². The molecule has 7 heteroatoms. The summed E-state index contributed by atoms with van der Waals surface area (Å²) in [6.45, 7) is -2.85. The van der Waals surface area contributed by atoms with Gasteiger partial charge in [0.25, 0.3) is 0 Å². The Balaban J connectivity index is 0.00000289. The van der Waals surface area contributed by atoms with E-state index in [1.54, 1.807) is 0 Å². The van der Waals surface area contributed by atoms with Crippen LogP contribution < -0.4 is 66.3 Å². The first-order valence-electron chi connectivity index (χ1n) is 5.49. The van der Waals surface area contributed by atoms with Gasteiger partial charge in [0, 0.05) is 0 Å². The molecule has 96 valence electrons. The van der Waals surface area contributed by atoms with Gasteiger partial charge >= 0.3 is 58.4 Å². The summed E-state index contributed by atoms with van der Waals surface area (Å²) in [6, 6.07) is 3.74. The first-order chi connectivity index (χ1) is 7.99. The Hall–Kier alpha value is 0.311. The van der Waals surface area contributed by atoms with Crippen LogP contribution >= 0.6 is 0 Å². The maximum Gasteiger partial charge on any atom is 1.00 e. The van der Waals surface area contributed by atoms with E-state index in [4.69, 9.17) is 9.47 Å². The van der Waals surface area contributed by atoms with Gasteiger partial charge in [-0.15, -0.1) is 0 Å². The number of rotatable bonds is 6. The minimum Gasteiger partial charge on any atom is -0.497 e. The van der Waals surface area contributed by atoms with Gasteiger partial charge in [-0.25, -0.2) is 0 Å². The molecule has 1 rings (SSSR count). The molecular weight excluding hydrogens is 271 g/mol. The minimum absolute atomic E-state index is 0. The van der Waals surface area contributed by atoms with E-state index >= 15 is 0 Å². The number of hydrogen-bond donors (Lipinski definition) is 0. The molecule has 0 fully saturated rings. The molecule has 1 aromatic rings. The quantitative estimate of drug-likeness (QED) is 0.538. The van der Waals surface area contributed by atoms with Crippen LogP contribution in [0, 0.1) is 0 Å². The Bertz CT molecular complexity index is 372. The normalized spacial score (nSPS) is 10.7. The van der Waals surface area contributed by atoms with Crippen molar-refractivity contribution in [3.05, 3.63) is 18.2 Å². The van der Waals surface area contributed by atoms with E-state index < -0.39 is 12.4 Å². The van der Waals surface area contributed by atoms with Crippen molar-refractivity contribution in [1.82, 2.24) is 0 Å². The van der Waals surface area contributed by atoms with Gasteiger partial charge in [-0.05, 0) is 24.6 Å². The van der Waals surface area contributed by atoms with E-state index in [9.17, 15) is 12.9 Å². The Morgan fingerprint density at radius 2 is 1.89 bits per heavy atom. The fraction of sp³-hybridized carbons (Fsp3) is 0.455. The maximum atomic E-state index is 12.8. The summed E-state index contributed by atoms with van der Waals surface area (Å²) in [7, 11) is 1.33. The number of hydrogen-bond acceptors (Lipinski definition) is 2. The number of methoxy groups -OCH3 is 1. The summed E-state index contributed by atoms with van der Waals surface area (Å²) in [6.07, 6.45) is 1.61. The van der Waals surface area contributed by atoms with Crippen LogP contribution in [-0.2, 0) is 0 Å². The van der Waals surface area contributed by atoms with Crippen molar-refractivity contribution in [2.24, 2.45) is 0 Å². The second-order valence-electron chi connectivity index (χ2n) is 3.68. The Kier molecular flexibility index (Phi) is 8.62. The zero-order chi connectivity index (χ0) is 12.9. The largest absolute Gasteiger partial charge is 1.00 e. The number of unbranched alkanes of at least 4 members (excludes halogenated alkanes) is 1. The van der Waals surface area contributed by atoms with Crippen molar-refractivity contribution in [3.8, 4) is 11.5 Å². The minimum atomic E-state index is -5.09. The number of ether oxygens (including phenoxy) is 2. The van der Waals surface area contributed by atoms with E-state index in [0.29, 0.717) is 6.61 Å². The van der Waals surface area contributed by atoms with E-state index in [1.807, 2.05) is 6.92 Å². The Morgan fingerprint density at radius 1 is 1.22 bits per heavy atom. The zero-order valence-electron chi connectivity index (χ0n) is 10.9. The maximum absolute atomic E-state index is 12.8. The van der Waals surface area contributed by atoms with Gasteiger partial charge in [0.05, 0.1) is 19.5 Å². The molecular formula is C11H15BF3KO2. The fourth-order valence-electron chi connectivity index (χ4n) is 1.37. The molecule has 0 saturated heterocycles. The average molecular weight is 286 g/mol. The molecule has 18 heavy (non-hydrogen) atoms. The second kappa shape index (κ2) is 8.48. The van der Waals surface area contributed by atoms with Gasteiger partial charge in [0.15, 0.2) is 0 Å². The summed E-state index contributed by atoms with van der Waals surface area (Å²) >= 11 is 0. The molecule has 0 aliphatic heterocycles. The average Bonchev–Trinajstić information content (AvgIpc) is 2.28. The molecule has 0 bridgehead atoms. The fourth-order valence-corrected chi connectivity index (χ4v) is 1.37. The molecule has 0 saturated carbocycles. The van der Waals surface area contributed by atoms with Crippen molar-refractivity contribution < 1.29 is 73.8 Å². The summed E-state index contributed by atoms with van der Waals surface area (Å²) in [5.74, 6) is 0.0637. The van der Waals surface area contributed by atoms with Gasteiger partial charge in [-0.1, -0.05) is 18.8 Å². The third-order valence-corrected chi connectivity index (χ3v) is 2.33. The molecule has 0 heterocycles. The van der Waals surface area contributed by atoms with Crippen LogP contribution in [0.2, 0.25) is 0 Å². The first kappa shape index (κ1) is 18.3. The van der Waals surface area contributed by atoms with Gasteiger partial charge in [0.2, 0.25) is 0 Å². The Morgan fingerprint density at radius 3 is 2.39 bits per heavy atom. The van der Waals surface area contributed by atoms with Crippen LogP contribution in [0.25, 0.3) is 0 Å². The van der Waals surface area contributed by atoms with E-state index in [0.717, 1.165) is 18.9 Å². The SMILES string of the molecule is CCCCOc1ccc(OC)cc1[B-](F)(F)F.[K+]. The monoisotopic (exact) mass is 286 g/mol. The molecule has 2 nitrogen and oxygen atoms in total. The third-order valence-electron chi connectivity index (χ3n) is 2.33. The molecule has 0 aliphatic carbocycles. The molecule has 0 spiro atoms. The van der Waals surface area contributed by atoms with Crippen LogP contribution in [0.1, 0.15) is 19.8 Å². The summed E-state index contributed by atoms with van der Waals surface area (Å²) in [4.78, 5) is 0. The molecule has 0 atom stereocenters. The molecule has 1 aromatic carbocycles. The molecule has 0 aromatic heterocycles. The van der Waals surface area contributed by atoms with Crippen LogP contribution in [0.4, 0.5) is 12.9 Å². The van der Waals surface area contributed by atoms with Crippen molar-refractivity contribution in [1.29, 1.82) is 0 Å². The predicted molar refractivity (Wildman–Crippen MR) is 62.1 cm³/mol. The number of halogens is 3. The van der Waals surface area contributed by atoms with Gasteiger partial charge < -0.3 is 22.4 Å². The van der Waals surface area contributed by atoms with Crippen molar-refractivity contribution >= 4 is 12.4 Å². The summed E-state index contributed by atoms with van der Waals surface area (Å²) < 4.78 is 48.3. The molecule has 0 radical (unpaired) electrons. The van der Waals surface area contributed by atoms with E-state index in [1.165, 1.54) is 19.2 Å². The number of benzene rings is 1. The van der Waals surface area contributed by atoms with Crippen molar-refractivity contribution in [2.75, 3.05) is 13.7 Å². The zero-order valence-corrected chi connectivity index (χ0v) is 14.0. The van der Waals surface area contributed by atoms with Crippen LogP contribution in [-0.4, -0.2) is 20.7 Å². The standard InChI is InChI=1S/C11H15BF3O2.K/c1-3-4-7-17-11-6-5-9(16-2)8-10(11)12(13,14)15;/h5-6,8H,3-4,7H2,1-2H3;/q-1;+1. The molecule has 0 aliphatic rings. The van der Waals surface area contributed by atoms with E-state index in [-0.39, 0.29) is 62.9 Å². The molecule has 0 unspecified atom stereocenters. The van der Waals surface area contributed by atoms with Crippen molar-refractivity contribution in [3.63, 3.8) is 0 Å². The van der Waals surface area contributed by atoms with Gasteiger partial charge in [0.1, 0.15) is 5.75 Å².